The first-order chi connectivity index (χ1) is 13.5. The van der Waals surface area contributed by atoms with E-state index in [1.165, 1.54) is 0 Å². The van der Waals surface area contributed by atoms with Crippen molar-refractivity contribution in [1.82, 2.24) is 15.4 Å². The molecule has 1 unspecified atom stereocenters. The van der Waals surface area contributed by atoms with Crippen LogP contribution in [0.2, 0.25) is 0 Å². The van der Waals surface area contributed by atoms with Gasteiger partial charge in [-0.05, 0) is 36.5 Å². The van der Waals surface area contributed by atoms with E-state index in [1.807, 2.05) is 12.1 Å². The van der Waals surface area contributed by atoms with Gasteiger partial charge in [0, 0.05) is 33.3 Å². The summed E-state index contributed by atoms with van der Waals surface area (Å²) in [6.45, 7) is 6.88. The van der Waals surface area contributed by atoms with Gasteiger partial charge in [-0.15, -0.1) is 24.0 Å². The number of hydrogen-bond donors (Lipinski definition) is 3. The molecule has 1 aliphatic heterocycles. The summed E-state index contributed by atoms with van der Waals surface area (Å²) in [6.07, 6.45) is 4.15. The fraction of sp³-hybridized carbons (Fsp3) is 0.650. The molecule has 1 fully saturated rings. The van der Waals surface area contributed by atoms with Gasteiger partial charge in [-0.25, -0.2) is 13.1 Å². The molecule has 0 amide bonds. The van der Waals surface area contributed by atoms with Crippen molar-refractivity contribution >= 4 is 40.0 Å². The van der Waals surface area contributed by atoms with Crippen LogP contribution in [0.5, 0.6) is 0 Å². The Bertz CT molecular complexity index is 716. The second kappa shape index (κ2) is 13.4. The Labute approximate surface area is 192 Å². The molecule has 0 radical (unpaired) electrons. The lowest BCUT2D eigenvalue weighted by Gasteiger charge is -2.17. The van der Waals surface area contributed by atoms with Crippen LogP contribution >= 0.6 is 24.0 Å². The van der Waals surface area contributed by atoms with Crippen LogP contribution in [-0.2, 0) is 21.3 Å². The number of aliphatic imine (C=N–C) groups is 1. The summed E-state index contributed by atoms with van der Waals surface area (Å²) in [7, 11) is -1.76. The second-order valence-corrected chi connectivity index (χ2v) is 8.89. The molecule has 1 aromatic carbocycles. The molecule has 1 saturated heterocycles. The lowest BCUT2D eigenvalue weighted by atomic mass is 10.0. The highest BCUT2D eigenvalue weighted by atomic mass is 127. The molecule has 166 valence electrons. The number of hydrogen-bond acceptors (Lipinski definition) is 4. The molecule has 0 spiro atoms. The van der Waals surface area contributed by atoms with Crippen LogP contribution in [0.1, 0.15) is 45.1 Å². The zero-order valence-electron chi connectivity index (χ0n) is 17.6. The second-order valence-electron chi connectivity index (χ2n) is 7.12. The van der Waals surface area contributed by atoms with E-state index < -0.39 is 10.0 Å². The summed E-state index contributed by atoms with van der Waals surface area (Å²) in [5.74, 6) is 1.38. The largest absolute Gasteiger partial charge is 0.377 e. The van der Waals surface area contributed by atoms with Crippen molar-refractivity contribution in [3.8, 4) is 0 Å². The summed E-state index contributed by atoms with van der Waals surface area (Å²) in [4.78, 5) is 4.51. The van der Waals surface area contributed by atoms with Crippen molar-refractivity contribution in [2.45, 2.75) is 57.1 Å². The fourth-order valence-corrected chi connectivity index (χ4v) is 4.17. The Morgan fingerprint density at radius 3 is 2.45 bits per heavy atom. The lowest BCUT2D eigenvalue weighted by Crippen LogP contribution is -2.39. The average molecular weight is 538 g/mol. The SMILES string of the molecule is CCC(CC)CNC(=NC)NCc1ccc(S(=O)(=O)NCC2CCCO2)cc1.I. The Hall–Kier alpha value is -0.910. The summed E-state index contributed by atoms with van der Waals surface area (Å²) in [6, 6.07) is 6.91. The maximum atomic E-state index is 12.4. The number of nitrogens with zero attached hydrogens (tertiary/aromatic N) is 1. The van der Waals surface area contributed by atoms with Crippen molar-refractivity contribution in [1.29, 1.82) is 0 Å². The molecular weight excluding hydrogens is 503 g/mol. The highest BCUT2D eigenvalue weighted by Crippen LogP contribution is 2.14. The Balaban J connectivity index is 0.00000420. The Morgan fingerprint density at radius 1 is 1.21 bits per heavy atom. The average Bonchev–Trinajstić information content (AvgIpc) is 3.23. The molecule has 0 saturated carbocycles. The van der Waals surface area contributed by atoms with E-state index in [0.29, 0.717) is 25.6 Å². The number of ether oxygens (including phenoxy) is 1. The topological polar surface area (TPSA) is 91.8 Å². The minimum Gasteiger partial charge on any atom is -0.377 e. The quantitative estimate of drug-likeness (QED) is 0.242. The predicted molar refractivity (Wildman–Crippen MR) is 128 cm³/mol. The first kappa shape index (κ1) is 26.1. The summed E-state index contributed by atoms with van der Waals surface area (Å²) in [5.41, 5.74) is 0.989. The van der Waals surface area contributed by atoms with Gasteiger partial charge in [0.25, 0.3) is 0 Å². The van der Waals surface area contributed by atoms with Crippen molar-refractivity contribution in [2.24, 2.45) is 10.9 Å². The van der Waals surface area contributed by atoms with E-state index in [9.17, 15) is 8.42 Å². The van der Waals surface area contributed by atoms with E-state index in [1.54, 1.807) is 19.2 Å². The summed E-state index contributed by atoms with van der Waals surface area (Å²) >= 11 is 0. The van der Waals surface area contributed by atoms with Crippen LogP contribution in [0.4, 0.5) is 0 Å². The van der Waals surface area contributed by atoms with Crippen molar-refractivity contribution in [3.05, 3.63) is 29.8 Å². The molecule has 1 aliphatic rings. The molecule has 7 nitrogen and oxygen atoms in total. The van der Waals surface area contributed by atoms with Gasteiger partial charge < -0.3 is 15.4 Å². The molecular formula is C20H35IN4O3S. The molecule has 1 atom stereocenters. The van der Waals surface area contributed by atoms with Gasteiger partial charge >= 0.3 is 0 Å². The highest BCUT2D eigenvalue weighted by molar-refractivity contribution is 14.0. The van der Waals surface area contributed by atoms with Gasteiger partial charge in [-0.3, -0.25) is 4.99 Å². The van der Waals surface area contributed by atoms with Crippen LogP contribution < -0.4 is 15.4 Å². The third-order valence-electron chi connectivity index (χ3n) is 5.16. The number of sulfonamides is 1. The van der Waals surface area contributed by atoms with E-state index in [4.69, 9.17) is 4.74 Å². The normalized spacial score (nSPS) is 17.2. The number of halogens is 1. The Morgan fingerprint density at radius 2 is 1.90 bits per heavy atom. The molecule has 0 aromatic heterocycles. The monoisotopic (exact) mass is 538 g/mol. The molecule has 3 N–H and O–H groups in total. The van der Waals surface area contributed by atoms with Crippen molar-refractivity contribution in [3.63, 3.8) is 0 Å². The molecule has 2 rings (SSSR count). The van der Waals surface area contributed by atoms with Crippen LogP contribution in [0.3, 0.4) is 0 Å². The van der Waals surface area contributed by atoms with Crippen molar-refractivity contribution < 1.29 is 13.2 Å². The number of rotatable bonds is 10. The minimum atomic E-state index is -3.51. The van der Waals surface area contributed by atoms with Gasteiger partial charge in [-0.2, -0.15) is 0 Å². The van der Waals surface area contributed by atoms with Gasteiger partial charge in [0.15, 0.2) is 5.96 Å². The van der Waals surface area contributed by atoms with Crippen LogP contribution in [0, 0.1) is 5.92 Å². The van der Waals surface area contributed by atoms with E-state index in [0.717, 1.165) is 43.8 Å². The smallest absolute Gasteiger partial charge is 0.240 e. The third-order valence-corrected chi connectivity index (χ3v) is 6.59. The Kier molecular flexibility index (Phi) is 12.1. The van der Waals surface area contributed by atoms with Crippen LogP contribution in [0.15, 0.2) is 34.2 Å². The highest BCUT2D eigenvalue weighted by Gasteiger charge is 2.20. The molecule has 1 heterocycles. The number of guanidine groups is 1. The number of benzene rings is 1. The molecule has 0 bridgehead atoms. The molecule has 29 heavy (non-hydrogen) atoms. The first-order valence-electron chi connectivity index (χ1n) is 10.1. The van der Waals surface area contributed by atoms with Gasteiger partial charge in [0.05, 0.1) is 11.0 Å². The minimum absolute atomic E-state index is 0. The van der Waals surface area contributed by atoms with Gasteiger partial charge in [0.1, 0.15) is 0 Å². The van der Waals surface area contributed by atoms with Gasteiger partial charge in [-0.1, -0.05) is 38.8 Å². The van der Waals surface area contributed by atoms with Crippen LogP contribution in [0.25, 0.3) is 0 Å². The van der Waals surface area contributed by atoms with E-state index in [-0.39, 0.29) is 35.0 Å². The van der Waals surface area contributed by atoms with Gasteiger partial charge in [0.2, 0.25) is 10.0 Å². The third kappa shape index (κ3) is 8.77. The van der Waals surface area contributed by atoms with E-state index in [2.05, 4.69) is 34.2 Å². The first-order valence-corrected chi connectivity index (χ1v) is 11.6. The van der Waals surface area contributed by atoms with Crippen LogP contribution in [-0.4, -0.2) is 47.2 Å². The maximum Gasteiger partial charge on any atom is 0.240 e. The molecule has 1 aromatic rings. The molecule has 0 aliphatic carbocycles. The summed E-state index contributed by atoms with van der Waals surface area (Å²) < 4.78 is 32.9. The maximum absolute atomic E-state index is 12.4. The lowest BCUT2D eigenvalue weighted by molar-refractivity contribution is 0.114. The zero-order chi connectivity index (χ0) is 20.4. The number of nitrogens with one attached hydrogen (secondary N) is 3. The van der Waals surface area contributed by atoms with Crippen molar-refractivity contribution in [2.75, 3.05) is 26.7 Å². The standard InChI is InChI=1S/C20H34N4O3S.HI/c1-4-16(5-2)13-22-20(21-3)23-14-17-8-10-19(11-9-17)28(25,26)24-15-18-7-6-12-27-18;/h8-11,16,18,24H,4-7,12-15H2,1-3H3,(H2,21,22,23);1H. The summed E-state index contributed by atoms with van der Waals surface area (Å²) in [5, 5.41) is 6.61. The predicted octanol–water partition coefficient (Wildman–Crippen LogP) is 2.86. The molecule has 9 heteroatoms. The fourth-order valence-electron chi connectivity index (χ4n) is 3.10. The van der Waals surface area contributed by atoms with E-state index >= 15 is 0 Å². The zero-order valence-corrected chi connectivity index (χ0v) is 20.8.